The number of benzene rings is 1. The van der Waals surface area contributed by atoms with E-state index in [-0.39, 0.29) is 24.4 Å². The highest BCUT2D eigenvalue weighted by molar-refractivity contribution is 7.13. The van der Waals surface area contributed by atoms with Gasteiger partial charge in [0, 0.05) is 17.1 Å². The molecule has 6 nitrogen and oxygen atoms in total. The lowest BCUT2D eigenvalue weighted by Gasteiger charge is -2.11. The van der Waals surface area contributed by atoms with Crippen molar-refractivity contribution in [2.24, 2.45) is 0 Å². The zero-order chi connectivity index (χ0) is 16.8. The molecule has 0 atom stereocenters. The number of carbonyl (C=O) groups is 2. The molecular formula is C17H20N4O2S. The molecule has 1 fully saturated rings. The molecular weight excluding hydrogens is 324 g/mol. The predicted octanol–water partition coefficient (Wildman–Crippen LogP) is 3.39. The highest BCUT2D eigenvalue weighted by Crippen LogP contribution is 2.19. The summed E-state index contributed by atoms with van der Waals surface area (Å²) in [6, 6.07) is 9.33. The third-order valence-electron chi connectivity index (χ3n) is 3.86. The van der Waals surface area contributed by atoms with Crippen LogP contribution in [0.1, 0.15) is 31.4 Å². The summed E-state index contributed by atoms with van der Waals surface area (Å²) in [6.07, 6.45) is 4.59. The minimum absolute atomic E-state index is 0.131. The molecule has 1 heterocycles. The Hall–Kier alpha value is -2.41. The standard InChI is InChI=1S/C17H20N4O2S/c22-15(18-12-6-2-1-3-7-12)10-14-11-24-17(20-14)21-16(23)19-13-8-4-5-9-13/h1-3,6-7,11,13H,4-5,8-10H2,(H,18,22)(H2,19,20,21,23). The first-order chi connectivity index (χ1) is 11.7. The number of carbonyl (C=O) groups excluding carboxylic acids is 2. The summed E-state index contributed by atoms with van der Waals surface area (Å²) in [4.78, 5) is 28.2. The van der Waals surface area contributed by atoms with Crippen molar-refractivity contribution < 1.29 is 9.59 Å². The van der Waals surface area contributed by atoms with Gasteiger partial charge in [-0.2, -0.15) is 0 Å². The van der Waals surface area contributed by atoms with Gasteiger partial charge in [0.15, 0.2) is 5.13 Å². The Kier molecular flexibility index (Phi) is 5.43. The number of anilines is 2. The molecule has 3 N–H and O–H groups in total. The molecule has 1 aliphatic carbocycles. The first-order valence-corrected chi connectivity index (χ1v) is 8.94. The number of nitrogens with one attached hydrogen (secondary N) is 3. The van der Waals surface area contributed by atoms with Gasteiger partial charge in [-0.15, -0.1) is 11.3 Å². The molecule has 126 valence electrons. The highest BCUT2D eigenvalue weighted by atomic mass is 32.1. The van der Waals surface area contributed by atoms with E-state index in [1.807, 2.05) is 30.3 Å². The first kappa shape index (κ1) is 16.4. The average molecular weight is 344 g/mol. The maximum atomic E-state index is 12.0. The van der Waals surface area contributed by atoms with Crippen molar-refractivity contribution in [3.8, 4) is 0 Å². The van der Waals surface area contributed by atoms with Gasteiger partial charge in [-0.3, -0.25) is 10.1 Å². The van der Waals surface area contributed by atoms with Gasteiger partial charge in [-0.25, -0.2) is 9.78 Å². The number of amides is 3. The number of thiazole rings is 1. The van der Waals surface area contributed by atoms with Crippen LogP contribution in [0.25, 0.3) is 0 Å². The molecule has 1 aliphatic rings. The van der Waals surface area contributed by atoms with E-state index in [2.05, 4.69) is 20.9 Å². The molecule has 3 rings (SSSR count). The molecule has 0 unspecified atom stereocenters. The maximum Gasteiger partial charge on any atom is 0.321 e. The van der Waals surface area contributed by atoms with E-state index in [0.717, 1.165) is 18.5 Å². The number of hydrogen-bond acceptors (Lipinski definition) is 4. The molecule has 0 aliphatic heterocycles. The molecule has 3 amide bonds. The lowest BCUT2D eigenvalue weighted by Crippen LogP contribution is -2.36. The van der Waals surface area contributed by atoms with E-state index in [0.29, 0.717) is 10.8 Å². The summed E-state index contributed by atoms with van der Waals surface area (Å²) in [5.41, 5.74) is 1.40. The smallest absolute Gasteiger partial charge is 0.321 e. The van der Waals surface area contributed by atoms with E-state index in [9.17, 15) is 9.59 Å². The second kappa shape index (κ2) is 7.92. The fraction of sp³-hybridized carbons (Fsp3) is 0.353. The molecule has 1 saturated carbocycles. The molecule has 2 aromatic rings. The summed E-state index contributed by atoms with van der Waals surface area (Å²) in [7, 11) is 0. The lowest BCUT2D eigenvalue weighted by molar-refractivity contribution is -0.115. The molecule has 0 spiro atoms. The Bertz CT molecular complexity index is 696. The Morgan fingerprint density at radius 1 is 1.12 bits per heavy atom. The third kappa shape index (κ3) is 4.79. The number of rotatable bonds is 5. The fourth-order valence-electron chi connectivity index (χ4n) is 2.73. The van der Waals surface area contributed by atoms with E-state index in [1.165, 1.54) is 24.2 Å². The minimum Gasteiger partial charge on any atom is -0.335 e. The molecule has 1 aromatic carbocycles. The van der Waals surface area contributed by atoms with Crippen molar-refractivity contribution in [3.63, 3.8) is 0 Å². The van der Waals surface area contributed by atoms with E-state index in [4.69, 9.17) is 0 Å². The van der Waals surface area contributed by atoms with Crippen LogP contribution < -0.4 is 16.0 Å². The van der Waals surface area contributed by atoms with Crippen LogP contribution in [0, 0.1) is 0 Å². The summed E-state index contributed by atoms with van der Waals surface area (Å²) in [5, 5.41) is 10.8. The van der Waals surface area contributed by atoms with Crippen molar-refractivity contribution in [1.29, 1.82) is 0 Å². The van der Waals surface area contributed by atoms with Gasteiger partial charge < -0.3 is 10.6 Å². The van der Waals surface area contributed by atoms with Gasteiger partial charge in [0.25, 0.3) is 0 Å². The minimum atomic E-state index is -0.225. The molecule has 24 heavy (non-hydrogen) atoms. The zero-order valence-electron chi connectivity index (χ0n) is 13.2. The van der Waals surface area contributed by atoms with E-state index >= 15 is 0 Å². The highest BCUT2D eigenvalue weighted by Gasteiger charge is 2.17. The summed E-state index contributed by atoms with van der Waals surface area (Å²) >= 11 is 1.32. The molecule has 1 aromatic heterocycles. The Morgan fingerprint density at radius 2 is 1.88 bits per heavy atom. The Balaban J connectivity index is 1.48. The van der Waals surface area contributed by atoms with Gasteiger partial charge in [0.1, 0.15) is 0 Å². The summed E-state index contributed by atoms with van der Waals surface area (Å²) in [5.74, 6) is -0.131. The summed E-state index contributed by atoms with van der Waals surface area (Å²) in [6.45, 7) is 0. The van der Waals surface area contributed by atoms with Crippen LogP contribution in [0.4, 0.5) is 15.6 Å². The average Bonchev–Trinajstić information content (AvgIpc) is 3.20. The molecule has 0 bridgehead atoms. The number of hydrogen-bond donors (Lipinski definition) is 3. The van der Waals surface area contributed by atoms with Crippen LogP contribution >= 0.6 is 11.3 Å². The fourth-order valence-corrected chi connectivity index (χ4v) is 3.43. The van der Waals surface area contributed by atoms with Crippen LogP contribution in [0.5, 0.6) is 0 Å². The quantitative estimate of drug-likeness (QED) is 0.777. The van der Waals surface area contributed by atoms with Crippen LogP contribution in [0.3, 0.4) is 0 Å². The number of urea groups is 1. The number of para-hydroxylation sites is 1. The molecule has 7 heteroatoms. The van der Waals surface area contributed by atoms with Crippen LogP contribution in [-0.2, 0) is 11.2 Å². The monoisotopic (exact) mass is 344 g/mol. The van der Waals surface area contributed by atoms with Crippen LogP contribution in [-0.4, -0.2) is 23.0 Å². The van der Waals surface area contributed by atoms with E-state index < -0.39 is 0 Å². The third-order valence-corrected chi connectivity index (χ3v) is 4.67. The largest absolute Gasteiger partial charge is 0.335 e. The van der Waals surface area contributed by atoms with Gasteiger partial charge in [0.2, 0.25) is 5.91 Å². The molecule has 0 saturated heterocycles. The van der Waals surface area contributed by atoms with Crippen molar-refractivity contribution in [2.75, 3.05) is 10.6 Å². The van der Waals surface area contributed by atoms with E-state index in [1.54, 1.807) is 5.38 Å². The summed E-state index contributed by atoms with van der Waals surface area (Å²) < 4.78 is 0. The van der Waals surface area contributed by atoms with Gasteiger partial charge in [0.05, 0.1) is 12.1 Å². The van der Waals surface area contributed by atoms with Crippen molar-refractivity contribution >= 4 is 34.1 Å². The number of nitrogens with zero attached hydrogens (tertiary/aromatic N) is 1. The Morgan fingerprint density at radius 3 is 2.62 bits per heavy atom. The normalized spacial score (nSPS) is 14.3. The maximum absolute atomic E-state index is 12.0. The predicted molar refractivity (Wildman–Crippen MR) is 95.3 cm³/mol. The lowest BCUT2D eigenvalue weighted by atomic mass is 10.3. The first-order valence-electron chi connectivity index (χ1n) is 8.06. The molecule has 0 radical (unpaired) electrons. The topological polar surface area (TPSA) is 83.1 Å². The van der Waals surface area contributed by atoms with Crippen molar-refractivity contribution in [2.45, 2.75) is 38.1 Å². The van der Waals surface area contributed by atoms with Crippen LogP contribution in [0.2, 0.25) is 0 Å². The Labute approximate surface area is 144 Å². The second-order valence-electron chi connectivity index (χ2n) is 5.81. The second-order valence-corrected chi connectivity index (χ2v) is 6.67. The van der Waals surface area contributed by atoms with Crippen molar-refractivity contribution in [1.82, 2.24) is 10.3 Å². The van der Waals surface area contributed by atoms with Crippen molar-refractivity contribution in [3.05, 3.63) is 41.4 Å². The van der Waals surface area contributed by atoms with Gasteiger partial charge in [-0.1, -0.05) is 31.0 Å². The van der Waals surface area contributed by atoms with Gasteiger partial charge in [-0.05, 0) is 25.0 Å². The van der Waals surface area contributed by atoms with Crippen LogP contribution in [0.15, 0.2) is 35.7 Å². The zero-order valence-corrected chi connectivity index (χ0v) is 14.1. The number of aromatic nitrogens is 1. The SMILES string of the molecule is O=C(Cc1csc(NC(=O)NC2CCCC2)n1)Nc1ccccc1. The van der Waals surface area contributed by atoms with Gasteiger partial charge >= 0.3 is 6.03 Å².